The van der Waals surface area contributed by atoms with Crippen LogP contribution in [0.3, 0.4) is 0 Å². The number of nitrogens with zero attached hydrogens (tertiary/aromatic N) is 2. The molecule has 2 saturated heterocycles. The predicted octanol–water partition coefficient (Wildman–Crippen LogP) is 2.02. The molecule has 2 aliphatic rings. The highest BCUT2D eigenvalue weighted by Crippen LogP contribution is 2.34. The van der Waals surface area contributed by atoms with E-state index in [1.54, 1.807) is 60.7 Å². The van der Waals surface area contributed by atoms with Gasteiger partial charge >= 0.3 is 0 Å². The van der Waals surface area contributed by atoms with Gasteiger partial charge in [0.25, 0.3) is 0 Å². The van der Waals surface area contributed by atoms with Crippen molar-refractivity contribution < 1.29 is 16.8 Å². The quantitative estimate of drug-likeness (QED) is 0.779. The molecule has 0 atom stereocenters. The summed E-state index contributed by atoms with van der Waals surface area (Å²) in [5, 5.41) is 0. The first kappa shape index (κ1) is 18.6. The number of fused-ring (bicyclic) bond motifs is 2. The third-order valence-electron chi connectivity index (χ3n) is 5.28. The third-order valence-corrected chi connectivity index (χ3v) is 8.97. The summed E-state index contributed by atoms with van der Waals surface area (Å²) in [4.78, 5) is 0.581. The molecule has 0 unspecified atom stereocenters. The lowest BCUT2D eigenvalue weighted by Crippen LogP contribution is -2.55. The molecule has 0 aromatic heterocycles. The van der Waals surface area contributed by atoms with Crippen molar-refractivity contribution in [1.82, 2.24) is 8.61 Å². The summed E-state index contributed by atoms with van der Waals surface area (Å²) < 4.78 is 54.7. The molecule has 0 spiro atoms. The van der Waals surface area contributed by atoms with Crippen LogP contribution in [0.5, 0.6) is 0 Å². The molecule has 0 radical (unpaired) electrons. The van der Waals surface area contributed by atoms with E-state index in [9.17, 15) is 16.8 Å². The molecule has 0 saturated carbocycles. The van der Waals surface area contributed by atoms with Gasteiger partial charge in [-0.2, -0.15) is 8.61 Å². The van der Waals surface area contributed by atoms with E-state index in [4.69, 9.17) is 0 Å². The Labute approximate surface area is 160 Å². The Hall–Kier alpha value is -1.74. The Balaban J connectivity index is 1.54. The highest BCUT2D eigenvalue weighted by molar-refractivity contribution is 7.89. The zero-order chi connectivity index (χ0) is 19.1. The summed E-state index contributed by atoms with van der Waals surface area (Å²) in [5.41, 5.74) is 0. The number of hydrogen-bond donors (Lipinski definition) is 0. The van der Waals surface area contributed by atoms with E-state index >= 15 is 0 Å². The summed E-state index contributed by atoms with van der Waals surface area (Å²) in [6.07, 6.45) is 0.863. The minimum Gasteiger partial charge on any atom is -0.207 e. The first-order valence-electron chi connectivity index (χ1n) is 8.98. The zero-order valence-corrected chi connectivity index (χ0v) is 16.4. The second kappa shape index (κ2) is 7.01. The first-order chi connectivity index (χ1) is 12.9. The molecule has 0 N–H and O–H groups in total. The van der Waals surface area contributed by atoms with E-state index in [-0.39, 0.29) is 11.8 Å². The van der Waals surface area contributed by atoms with Crippen LogP contribution in [0, 0.1) is 11.8 Å². The summed E-state index contributed by atoms with van der Waals surface area (Å²) in [6.45, 7) is 1.42. The Kier molecular flexibility index (Phi) is 4.84. The van der Waals surface area contributed by atoms with Crippen molar-refractivity contribution in [2.75, 3.05) is 26.2 Å². The van der Waals surface area contributed by atoms with E-state index in [0.717, 1.165) is 6.42 Å². The summed E-state index contributed by atoms with van der Waals surface area (Å²) in [6, 6.07) is 16.8. The molecule has 27 heavy (non-hydrogen) atoms. The molecule has 0 aliphatic carbocycles. The molecule has 144 valence electrons. The Morgan fingerprint density at radius 3 is 1.26 bits per heavy atom. The van der Waals surface area contributed by atoms with Crippen LogP contribution in [0.2, 0.25) is 0 Å². The minimum absolute atomic E-state index is 0.00877. The molecule has 2 heterocycles. The fraction of sp³-hybridized carbons (Fsp3) is 0.368. The van der Waals surface area contributed by atoms with Crippen molar-refractivity contribution in [3.05, 3.63) is 60.7 Å². The van der Waals surface area contributed by atoms with Gasteiger partial charge in [-0.3, -0.25) is 0 Å². The van der Waals surface area contributed by atoms with Crippen LogP contribution in [-0.2, 0) is 20.0 Å². The predicted molar refractivity (Wildman–Crippen MR) is 102 cm³/mol. The van der Waals surface area contributed by atoms with Crippen LogP contribution in [0.4, 0.5) is 0 Å². The Morgan fingerprint density at radius 2 is 0.926 bits per heavy atom. The normalized spacial score (nSPS) is 24.6. The number of benzene rings is 2. The fourth-order valence-electron chi connectivity index (χ4n) is 4.06. The molecule has 2 aliphatic heterocycles. The van der Waals surface area contributed by atoms with Gasteiger partial charge in [0.1, 0.15) is 0 Å². The van der Waals surface area contributed by atoms with Gasteiger partial charge in [-0.05, 0) is 42.5 Å². The van der Waals surface area contributed by atoms with Gasteiger partial charge in [-0.25, -0.2) is 16.8 Å². The van der Waals surface area contributed by atoms with E-state index in [2.05, 4.69) is 0 Å². The van der Waals surface area contributed by atoms with Crippen LogP contribution in [0.15, 0.2) is 70.5 Å². The lowest BCUT2D eigenvalue weighted by Gasteiger charge is -2.44. The van der Waals surface area contributed by atoms with Crippen molar-refractivity contribution in [3.8, 4) is 0 Å². The molecule has 0 amide bonds. The number of sulfonamides is 2. The smallest absolute Gasteiger partial charge is 0.207 e. The monoisotopic (exact) mass is 406 g/mol. The van der Waals surface area contributed by atoms with Gasteiger partial charge in [-0.1, -0.05) is 36.4 Å². The molecular weight excluding hydrogens is 384 g/mol. The van der Waals surface area contributed by atoms with E-state index in [1.165, 1.54) is 8.61 Å². The standard InChI is InChI=1S/C19H22N2O4S2/c22-26(23,18-7-3-1-4-8-18)20-12-16-11-17(13-20)15-21(14-16)27(24,25)19-9-5-2-6-10-19/h1-10,16-17H,11-15H2. The molecule has 2 aromatic rings. The largest absolute Gasteiger partial charge is 0.243 e. The van der Waals surface area contributed by atoms with Gasteiger partial charge in [0.2, 0.25) is 20.0 Å². The SMILES string of the molecule is O=S(=O)(c1ccccc1)N1CC2CC(C1)CN(S(=O)(=O)c1ccccc1)C2. The van der Waals surface area contributed by atoms with Gasteiger partial charge in [-0.15, -0.1) is 0 Å². The molecule has 2 bridgehead atoms. The maximum Gasteiger partial charge on any atom is 0.243 e. The molecule has 8 heteroatoms. The van der Waals surface area contributed by atoms with Crippen LogP contribution in [0.1, 0.15) is 6.42 Å². The first-order valence-corrected chi connectivity index (χ1v) is 11.9. The average molecular weight is 407 g/mol. The van der Waals surface area contributed by atoms with Crippen LogP contribution in [0.25, 0.3) is 0 Å². The highest BCUT2D eigenvalue weighted by atomic mass is 32.2. The molecule has 2 fully saturated rings. The van der Waals surface area contributed by atoms with Crippen molar-refractivity contribution in [1.29, 1.82) is 0 Å². The average Bonchev–Trinajstić information content (AvgIpc) is 2.68. The molecular formula is C19H22N2O4S2. The third kappa shape index (κ3) is 3.54. The van der Waals surface area contributed by atoms with E-state index in [1.807, 2.05) is 0 Å². The molecule has 2 aromatic carbocycles. The topological polar surface area (TPSA) is 74.8 Å². The fourth-order valence-corrected chi connectivity index (χ4v) is 7.29. The second-order valence-corrected chi connectivity index (χ2v) is 11.1. The van der Waals surface area contributed by atoms with Crippen LogP contribution < -0.4 is 0 Å². The molecule has 4 rings (SSSR count). The zero-order valence-electron chi connectivity index (χ0n) is 14.8. The summed E-state index contributed by atoms with van der Waals surface area (Å²) in [5.74, 6) is 0.0175. The van der Waals surface area contributed by atoms with Crippen LogP contribution in [-0.4, -0.2) is 51.6 Å². The maximum atomic E-state index is 12.9. The van der Waals surface area contributed by atoms with Gasteiger partial charge in [0.05, 0.1) is 9.79 Å². The van der Waals surface area contributed by atoms with Crippen molar-refractivity contribution in [2.45, 2.75) is 16.2 Å². The lowest BCUT2D eigenvalue weighted by molar-refractivity contribution is 0.111. The highest BCUT2D eigenvalue weighted by Gasteiger charge is 2.42. The van der Waals surface area contributed by atoms with Gasteiger partial charge in [0.15, 0.2) is 0 Å². The Morgan fingerprint density at radius 1 is 0.593 bits per heavy atom. The lowest BCUT2D eigenvalue weighted by atomic mass is 9.87. The number of hydrogen-bond acceptors (Lipinski definition) is 4. The van der Waals surface area contributed by atoms with E-state index < -0.39 is 20.0 Å². The van der Waals surface area contributed by atoms with E-state index in [0.29, 0.717) is 36.0 Å². The Bertz CT molecular complexity index is 913. The van der Waals surface area contributed by atoms with Crippen molar-refractivity contribution in [3.63, 3.8) is 0 Å². The second-order valence-electron chi connectivity index (χ2n) is 7.24. The number of rotatable bonds is 4. The summed E-state index contributed by atoms with van der Waals surface area (Å²) >= 11 is 0. The maximum absolute atomic E-state index is 12.9. The minimum atomic E-state index is -3.54. The van der Waals surface area contributed by atoms with Crippen LogP contribution >= 0.6 is 0 Å². The van der Waals surface area contributed by atoms with Crippen molar-refractivity contribution in [2.24, 2.45) is 11.8 Å². The number of piperidine rings is 2. The van der Waals surface area contributed by atoms with Gasteiger partial charge in [0, 0.05) is 26.2 Å². The summed E-state index contributed by atoms with van der Waals surface area (Å²) in [7, 11) is -7.09. The molecule has 6 nitrogen and oxygen atoms in total. The van der Waals surface area contributed by atoms with Gasteiger partial charge < -0.3 is 0 Å². The van der Waals surface area contributed by atoms with Crippen molar-refractivity contribution >= 4 is 20.0 Å².